The second-order valence-corrected chi connectivity index (χ2v) is 5.67. The van der Waals surface area contributed by atoms with Crippen LogP contribution in [0.25, 0.3) is 0 Å². The molecule has 16 heavy (non-hydrogen) atoms. The van der Waals surface area contributed by atoms with Crippen LogP contribution in [0.3, 0.4) is 0 Å². The molecule has 0 radical (unpaired) electrons. The molecule has 2 fully saturated rings. The molecule has 0 saturated carbocycles. The van der Waals surface area contributed by atoms with Gasteiger partial charge in [0.2, 0.25) is 0 Å². The van der Waals surface area contributed by atoms with Crippen LogP contribution >= 0.6 is 0 Å². The van der Waals surface area contributed by atoms with Crippen molar-refractivity contribution < 1.29 is 5.11 Å². The molecule has 2 rings (SSSR count). The van der Waals surface area contributed by atoms with Gasteiger partial charge in [-0.05, 0) is 70.7 Å². The number of aliphatic hydroxyl groups excluding tert-OH is 1. The lowest BCUT2D eigenvalue weighted by molar-refractivity contribution is 0.103. The molecule has 0 aromatic carbocycles. The van der Waals surface area contributed by atoms with Crippen LogP contribution in [-0.4, -0.2) is 61.3 Å². The standard InChI is InChI=1S/C13H26N2O/c1-14-6-2-12(3-7-14)10-15-8-4-13(11-16)5-9-15/h12-13,16H,2-11H2,1H3. The van der Waals surface area contributed by atoms with Crippen LogP contribution in [0.2, 0.25) is 0 Å². The van der Waals surface area contributed by atoms with Gasteiger partial charge in [0.25, 0.3) is 0 Å². The Hall–Kier alpha value is -0.120. The van der Waals surface area contributed by atoms with E-state index in [1.54, 1.807) is 0 Å². The zero-order valence-corrected chi connectivity index (χ0v) is 10.6. The maximum absolute atomic E-state index is 9.10. The fourth-order valence-corrected chi connectivity index (χ4v) is 2.96. The Morgan fingerprint density at radius 1 is 0.938 bits per heavy atom. The SMILES string of the molecule is CN1CCC(CN2CCC(CO)CC2)CC1. The first-order chi connectivity index (χ1) is 7.78. The first kappa shape index (κ1) is 12.3. The number of aliphatic hydroxyl groups is 1. The van der Waals surface area contributed by atoms with E-state index >= 15 is 0 Å². The van der Waals surface area contributed by atoms with Crippen LogP contribution in [0.5, 0.6) is 0 Å². The Kier molecular flexibility index (Phi) is 4.62. The quantitative estimate of drug-likeness (QED) is 0.779. The number of hydrogen-bond donors (Lipinski definition) is 1. The second kappa shape index (κ2) is 5.99. The summed E-state index contributed by atoms with van der Waals surface area (Å²) in [5.74, 6) is 1.50. The highest BCUT2D eigenvalue weighted by Crippen LogP contribution is 2.21. The van der Waals surface area contributed by atoms with Crippen molar-refractivity contribution in [2.24, 2.45) is 11.8 Å². The molecule has 3 heteroatoms. The minimum absolute atomic E-state index is 0.391. The van der Waals surface area contributed by atoms with Crippen molar-refractivity contribution in [2.75, 3.05) is 46.4 Å². The highest BCUT2D eigenvalue weighted by atomic mass is 16.3. The van der Waals surface area contributed by atoms with Gasteiger partial charge in [0.15, 0.2) is 0 Å². The van der Waals surface area contributed by atoms with Crippen molar-refractivity contribution in [3.05, 3.63) is 0 Å². The molecule has 2 heterocycles. The monoisotopic (exact) mass is 226 g/mol. The first-order valence-electron chi connectivity index (χ1n) is 6.79. The Morgan fingerprint density at radius 3 is 2.06 bits per heavy atom. The normalized spacial score (nSPS) is 27.4. The minimum Gasteiger partial charge on any atom is -0.396 e. The molecule has 0 unspecified atom stereocenters. The topological polar surface area (TPSA) is 26.7 Å². The summed E-state index contributed by atoms with van der Waals surface area (Å²) >= 11 is 0. The predicted octanol–water partition coefficient (Wildman–Crippen LogP) is 1.03. The number of rotatable bonds is 3. The van der Waals surface area contributed by atoms with E-state index in [2.05, 4.69) is 16.8 Å². The molecule has 0 aliphatic carbocycles. The van der Waals surface area contributed by atoms with Crippen molar-refractivity contribution >= 4 is 0 Å². The lowest BCUT2D eigenvalue weighted by Crippen LogP contribution is -2.41. The van der Waals surface area contributed by atoms with Gasteiger partial charge in [-0.25, -0.2) is 0 Å². The molecule has 2 saturated heterocycles. The molecule has 94 valence electrons. The van der Waals surface area contributed by atoms with Crippen LogP contribution in [0, 0.1) is 11.8 Å². The summed E-state index contributed by atoms with van der Waals surface area (Å²) < 4.78 is 0. The maximum Gasteiger partial charge on any atom is 0.0460 e. The maximum atomic E-state index is 9.10. The van der Waals surface area contributed by atoms with E-state index in [4.69, 9.17) is 5.11 Å². The van der Waals surface area contributed by atoms with Gasteiger partial charge in [-0.15, -0.1) is 0 Å². The third-order valence-electron chi connectivity index (χ3n) is 4.32. The van der Waals surface area contributed by atoms with Crippen molar-refractivity contribution in [3.63, 3.8) is 0 Å². The van der Waals surface area contributed by atoms with Gasteiger partial charge in [0.1, 0.15) is 0 Å². The Balaban J connectivity index is 1.66. The summed E-state index contributed by atoms with van der Waals surface area (Å²) in [5.41, 5.74) is 0. The number of piperidine rings is 2. The average molecular weight is 226 g/mol. The van der Waals surface area contributed by atoms with Crippen LogP contribution in [0.1, 0.15) is 25.7 Å². The summed E-state index contributed by atoms with van der Waals surface area (Å²) in [6, 6.07) is 0. The van der Waals surface area contributed by atoms with Gasteiger partial charge >= 0.3 is 0 Å². The molecule has 0 amide bonds. The van der Waals surface area contributed by atoms with E-state index in [0.717, 1.165) is 5.92 Å². The van der Waals surface area contributed by atoms with E-state index in [1.165, 1.54) is 58.4 Å². The van der Waals surface area contributed by atoms with Gasteiger partial charge in [0, 0.05) is 13.2 Å². The van der Waals surface area contributed by atoms with Gasteiger partial charge in [-0.3, -0.25) is 0 Å². The lowest BCUT2D eigenvalue weighted by atomic mass is 9.93. The van der Waals surface area contributed by atoms with Crippen molar-refractivity contribution in [1.82, 2.24) is 9.80 Å². The summed E-state index contributed by atoms with van der Waals surface area (Å²) in [4.78, 5) is 5.05. The van der Waals surface area contributed by atoms with Crippen molar-refractivity contribution in [1.29, 1.82) is 0 Å². The van der Waals surface area contributed by atoms with E-state index in [9.17, 15) is 0 Å². The molecule has 3 nitrogen and oxygen atoms in total. The molecule has 1 N–H and O–H groups in total. The summed E-state index contributed by atoms with van der Waals surface area (Å²) in [5, 5.41) is 9.10. The fourth-order valence-electron chi connectivity index (χ4n) is 2.96. The molecule has 0 atom stereocenters. The van der Waals surface area contributed by atoms with Crippen LogP contribution in [0.15, 0.2) is 0 Å². The fraction of sp³-hybridized carbons (Fsp3) is 1.00. The van der Waals surface area contributed by atoms with Gasteiger partial charge < -0.3 is 14.9 Å². The van der Waals surface area contributed by atoms with Crippen LogP contribution in [0.4, 0.5) is 0 Å². The van der Waals surface area contributed by atoms with Crippen molar-refractivity contribution in [2.45, 2.75) is 25.7 Å². The highest BCUT2D eigenvalue weighted by Gasteiger charge is 2.23. The zero-order valence-electron chi connectivity index (χ0n) is 10.6. The Morgan fingerprint density at radius 2 is 1.50 bits per heavy atom. The predicted molar refractivity (Wildman–Crippen MR) is 66.5 cm³/mol. The third kappa shape index (κ3) is 3.44. The highest BCUT2D eigenvalue weighted by molar-refractivity contribution is 4.77. The number of likely N-dealkylation sites (tertiary alicyclic amines) is 2. The average Bonchev–Trinajstić information content (AvgIpc) is 2.33. The van der Waals surface area contributed by atoms with E-state index < -0.39 is 0 Å². The van der Waals surface area contributed by atoms with E-state index in [0.29, 0.717) is 12.5 Å². The van der Waals surface area contributed by atoms with Crippen LogP contribution in [-0.2, 0) is 0 Å². The molecule has 2 aliphatic heterocycles. The molecule has 0 aromatic rings. The molecule has 0 bridgehead atoms. The van der Waals surface area contributed by atoms with E-state index in [-0.39, 0.29) is 0 Å². The molecule has 2 aliphatic rings. The summed E-state index contributed by atoms with van der Waals surface area (Å²) in [6.45, 7) is 6.65. The van der Waals surface area contributed by atoms with E-state index in [1.807, 2.05) is 0 Å². The third-order valence-corrected chi connectivity index (χ3v) is 4.32. The molecule has 0 aromatic heterocycles. The van der Waals surface area contributed by atoms with Crippen molar-refractivity contribution in [3.8, 4) is 0 Å². The summed E-state index contributed by atoms with van der Waals surface area (Å²) in [6.07, 6.45) is 5.14. The van der Waals surface area contributed by atoms with Gasteiger partial charge in [0.05, 0.1) is 0 Å². The number of hydrogen-bond acceptors (Lipinski definition) is 3. The summed E-state index contributed by atoms with van der Waals surface area (Å²) in [7, 11) is 2.23. The van der Waals surface area contributed by atoms with Gasteiger partial charge in [-0.1, -0.05) is 0 Å². The zero-order chi connectivity index (χ0) is 11.4. The van der Waals surface area contributed by atoms with Gasteiger partial charge in [-0.2, -0.15) is 0 Å². The molecule has 0 spiro atoms. The smallest absolute Gasteiger partial charge is 0.0460 e. The lowest BCUT2D eigenvalue weighted by Gasteiger charge is -2.36. The largest absolute Gasteiger partial charge is 0.396 e. The number of nitrogens with zero attached hydrogens (tertiary/aromatic N) is 2. The Bertz CT molecular complexity index is 194. The minimum atomic E-state index is 0.391. The molecular weight excluding hydrogens is 200 g/mol. The second-order valence-electron chi connectivity index (χ2n) is 5.67. The first-order valence-corrected chi connectivity index (χ1v) is 6.79. The Labute approximate surface area is 99.4 Å². The van der Waals surface area contributed by atoms with Crippen LogP contribution < -0.4 is 0 Å². The molecular formula is C13H26N2O.